The molecule has 120 valence electrons. The Kier molecular flexibility index (Phi) is 6.42. The Morgan fingerprint density at radius 1 is 1.09 bits per heavy atom. The maximum Gasteiger partial charge on any atom is 0.238 e. The number of carbonyl (C=O) groups excluding carboxylic acids is 2. The number of hydrogen-bond donors (Lipinski definition) is 3. The minimum absolute atomic E-state index is 0.0152. The summed E-state index contributed by atoms with van der Waals surface area (Å²) in [6.07, 6.45) is 0.0555. The minimum Gasteiger partial charge on any atom is -0.357 e. The summed E-state index contributed by atoms with van der Waals surface area (Å²) in [7, 11) is 0. The van der Waals surface area contributed by atoms with Crippen LogP contribution >= 0.6 is 12.2 Å². The van der Waals surface area contributed by atoms with Gasteiger partial charge in [-0.25, -0.2) is 4.39 Å². The average molecular weight is 325 g/mol. The lowest BCUT2D eigenvalue weighted by molar-refractivity contribution is -0.121. The third-order valence-electron chi connectivity index (χ3n) is 2.55. The summed E-state index contributed by atoms with van der Waals surface area (Å²) in [5, 5.41) is 3.27. The number of carbonyl (C=O) groups is 2. The Morgan fingerprint density at radius 3 is 2.23 bits per heavy atom. The monoisotopic (exact) mass is 325 g/mol. The Bertz CT molecular complexity index is 553. The number of hydrogen-bond acceptors (Lipinski definition) is 3. The van der Waals surface area contributed by atoms with E-state index in [0.717, 1.165) is 0 Å². The first-order valence-corrected chi connectivity index (χ1v) is 7.24. The molecule has 1 aromatic carbocycles. The normalized spacial score (nSPS) is 10.7. The highest BCUT2D eigenvalue weighted by atomic mass is 32.1. The van der Waals surface area contributed by atoms with Crippen LogP contribution in [0.5, 0.6) is 0 Å². The van der Waals surface area contributed by atoms with Crippen LogP contribution < -0.4 is 16.2 Å². The van der Waals surface area contributed by atoms with Gasteiger partial charge in [-0.2, -0.15) is 0 Å². The van der Waals surface area contributed by atoms with Gasteiger partial charge in [0.2, 0.25) is 5.91 Å². The van der Waals surface area contributed by atoms with Gasteiger partial charge in [-0.3, -0.25) is 20.4 Å². The van der Waals surface area contributed by atoms with Crippen molar-refractivity contribution in [2.24, 2.45) is 0 Å². The van der Waals surface area contributed by atoms with E-state index in [1.165, 1.54) is 24.3 Å². The van der Waals surface area contributed by atoms with E-state index in [0.29, 0.717) is 10.7 Å². The summed E-state index contributed by atoms with van der Waals surface area (Å²) in [5.74, 6) is -0.975. The minimum atomic E-state index is -0.404. The van der Waals surface area contributed by atoms with Crippen LogP contribution in [0.1, 0.15) is 44.0 Å². The number of hydrazine groups is 1. The molecule has 22 heavy (non-hydrogen) atoms. The van der Waals surface area contributed by atoms with Crippen LogP contribution in [0.25, 0.3) is 0 Å². The fourth-order valence-corrected chi connectivity index (χ4v) is 1.93. The molecular weight excluding hydrogens is 305 g/mol. The number of benzene rings is 1. The van der Waals surface area contributed by atoms with E-state index in [9.17, 15) is 14.0 Å². The quantitative estimate of drug-likeness (QED) is 0.449. The van der Waals surface area contributed by atoms with Gasteiger partial charge in [0.1, 0.15) is 5.82 Å². The zero-order valence-electron chi connectivity index (χ0n) is 12.8. The zero-order chi connectivity index (χ0) is 16.8. The van der Waals surface area contributed by atoms with Crippen LogP contribution in [-0.2, 0) is 4.79 Å². The summed E-state index contributed by atoms with van der Waals surface area (Å²) in [5.41, 5.74) is 5.15. The molecule has 7 heteroatoms. The Labute approximate surface area is 134 Å². The molecule has 1 rings (SSSR count). The van der Waals surface area contributed by atoms with Gasteiger partial charge in [-0.15, -0.1) is 0 Å². The molecule has 1 amide bonds. The summed E-state index contributed by atoms with van der Waals surface area (Å²) >= 11 is 5.01. The number of rotatable bonds is 4. The van der Waals surface area contributed by atoms with Crippen molar-refractivity contribution in [3.63, 3.8) is 0 Å². The molecule has 0 aliphatic heterocycles. The van der Waals surface area contributed by atoms with E-state index < -0.39 is 5.82 Å². The fraction of sp³-hybridized carbons (Fsp3) is 0.400. The number of halogens is 1. The Hall–Kier alpha value is -2.02. The zero-order valence-corrected chi connectivity index (χ0v) is 13.6. The highest BCUT2D eigenvalue weighted by molar-refractivity contribution is 7.80. The maximum absolute atomic E-state index is 12.8. The average Bonchev–Trinajstić information content (AvgIpc) is 2.41. The third kappa shape index (κ3) is 7.12. The second kappa shape index (κ2) is 7.84. The van der Waals surface area contributed by atoms with E-state index in [1.54, 1.807) is 0 Å². The van der Waals surface area contributed by atoms with Gasteiger partial charge >= 0.3 is 0 Å². The van der Waals surface area contributed by atoms with Crippen molar-refractivity contribution in [2.45, 2.75) is 39.2 Å². The molecule has 0 atom stereocenters. The smallest absolute Gasteiger partial charge is 0.238 e. The van der Waals surface area contributed by atoms with Crippen molar-refractivity contribution in [3.8, 4) is 0 Å². The van der Waals surface area contributed by atoms with Crippen molar-refractivity contribution in [1.29, 1.82) is 0 Å². The molecule has 0 saturated heterocycles. The number of nitrogens with one attached hydrogen (secondary N) is 3. The summed E-state index contributed by atoms with van der Waals surface area (Å²) in [6, 6.07) is 5.23. The molecule has 3 N–H and O–H groups in total. The molecule has 5 nitrogen and oxygen atoms in total. The lowest BCUT2D eigenvalue weighted by Crippen LogP contribution is -2.52. The molecule has 0 unspecified atom stereocenters. The standard InChI is InChI=1S/C15H20FN3O2S/c1-15(2,3)17-14(22)19-18-13(21)9-8-12(20)10-4-6-11(16)7-5-10/h4-7H,8-9H2,1-3H3,(H,18,21)(H2,17,19,22). The van der Waals surface area contributed by atoms with Crippen LogP contribution in [-0.4, -0.2) is 22.3 Å². The van der Waals surface area contributed by atoms with Gasteiger partial charge in [-0.1, -0.05) is 0 Å². The molecule has 0 aliphatic rings. The van der Waals surface area contributed by atoms with E-state index >= 15 is 0 Å². The van der Waals surface area contributed by atoms with Crippen molar-refractivity contribution in [2.75, 3.05) is 0 Å². The van der Waals surface area contributed by atoms with Crippen molar-refractivity contribution >= 4 is 29.0 Å². The molecule has 0 radical (unpaired) electrons. The molecule has 0 saturated carbocycles. The second-order valence-electron chi connectivity index (χ2n) is 5.81. The third-order valence-corrected chi connectivity index (χ3v) is 2.75. The first-order valence-electron chi connectivity index (χ1n) is 6.83. The molecule has 0 bridgehead atoms. The molecule has 0 spiro atoms. The van der Waals surface area contributed by atoms with Gasteiger partial charge in [0.25, 0.3) is 0 Å². The molecule has 0 aromatic heterocycles. The largest absolute Gasteiger partial charge is 0.357 e. The highest BCUT2D eigenvalue weighted by Gasteiger charge is 2.12. The number of amides is 1. The first kappa shape index (κ1) is 18.0. The van der Waals surface area contributed by atoms with Crippen LogP contribution in [0.2, 0.25) is 0 Å². The molecular formula is C15H20FN3O2S. The first-order chi connectivity index (χ1) is 10.2. The van der Waals surface area contributed by atoms with Gasteiger partial charge in [0.15, 0.2) is 10.9 Å². The Balaban J connectivity index is 2.32. The van der Waals surface area contributed by atoms with Crippen LogP contribution in [0.15, 0.2) is 24.3 Å². The summed E-state index contributed by atoms with van der Waals surface area (Å²) < 4.78 is 12.8. The summed E-state index contributed by atoms with van der Waals surface area (Å²) in [6.45, 7) is 5.80. The van der Waals surface area contributed by atoms with Crippen LogP contribution in [0, 0.1) is 5.82 Å². The van der Waals surface area contributed by atoms with Crippen molar-refractivity contribution in [1.82, 2.24) is 16.2 Å². The number of Topliss-reactive ketones (excluding diaryl/α,β-unsaturated/α-hetero) is 1. The van der Waals surface area contributed by atoms with E-state index in [4.69, 9.17) is 12.2 Å². The van der Waals surface area contributed by atoms with Crippen molar-refractivity contribution in [3.05, 3.63) is 35.6 Å². The predicted octanol–water partition coefficient (Wildman–Crippen LogP) is 2.08. The van der Waals surface area contributed by atoms with Gasteiger partial charge in [0, 0.05) is 23.9 Å². The molecule has 1 aromatic rings. The lowest BCUT2D eigenvalue weighted by Gasteiger charge is -2.23. The van der Waals surface area contributed by atoms with E-state index in [-0.39, 0.29) is 30.1 Å². The topological polar surface area (TPSA) is 70.2 Å². The summed E-state index contributed by atoms with van der Waals surface area (Å²) in [4.78, 5) is 23.5. The van der Waals surface area contributed by atoms with Crippen molar-refractivity contribution < 1.29 is 14.0 Å². The van der Waals surface area contributed by atoms with Crippen LogP contribution in [0.4, 0.5) is 4.39 Å². The van der Waals surface area contributed by atoms with Gasteiger partial charge in [0.05, 0.1) is 0 Å². The van der Waals surface area contributed by atoms with Gasteiger partial charge < -0.3 is 5.32 Å². The SMILES string of the molecule is CC(C)(C)NC(=S)NNC(=O)CCC(=O)c1ccc(F)cc1. The van der Waals surface area contributed by atoms with E-state index in [2.05, 4.69) is 16.2 Å². The number of thiocarbonyl (C=S) groups is 1. The maximum atomic E-state index is 12.8. The second-order valence-corrected chi connectivity index (χ2v) is 6.22. The van der Waals surface area contributed by atoms with E-state index in [1.807, 2.05) is 20.8 Å². The molecule has 0 fully saturated rings. The highest BCUT2D eigenvalue weighted by Crippen LogP contribution is 2.07. The fourth-order valence-electron chi connectivity index (χ4n) is 1.57. The van der Waals surface area contributed by atoms with Gasteiger partial charge in [-0.05, 0) is 57.3 Å². The Morgan fingerprint density at radius 2 is 1.68 bits per heavy atom. The molecule has 0 aliphatic carbocycles. The van der Waals surface area contributed by atoms with Crippen LogP contribution in [0.3, 0.4) is 0 Å². The molecule has 0 heterocycles. The predicted molar refractivity (Wildman–Crippen MR) is 86.7 cm³/mol. The number of ketones is 1. The lowest BCUT2D eigenvalue weighted by atomic mass is 10.1.